The minimum Gasteiger partial charge on any atom is -0.508 e. The van der Waals surface area contributed by atoms with E-state index in [4.69, 9.17) is 28.1 Å². The molecule has 0 amide bonds. The third-order valence-corrected chi connectivity index (χ3v) is 8.04. The van der Waals surface area contributed by atoms with Gasteiger partial charge in [-0.05, 0) is 90.6 Å². The molecule has 204 valence electrons. The number of esters is 1. The lowest BCUT2D eigenvalue weighted by atomic mass is 9.79. The normalized spacial score (nSPS) is 24.3. The quantitative estimate of drug-likeness (QED) is 0.416. The minimum atomic E-state index is -0.815. The van der Waals surface area contributed by atoms with Gasteiger partial charge in [-0.15, -0.1) is 0 Å². The lowest BCUT2D eigenvalue weighted by Crippen LogP contribution is -2.46. The van der Waals surface area contributed by atoms with Crippen molar-refractivity contribution in [2.75, 3.05) is 6.61 Å². The monoisotopic (exact) mass is 524 g/mol. The summed E-state index contributed by atoms with van der Waals surface area (Å²) in [5, 5.41) is 9.81. The summed E-state index contributed by atoms with van der Waals surface area (Å²) in [6.07, 6.45) is -0.393. The highest BCUT2D eigenvalue weighted by Gasteiger charge is 2.54. The Balaban J connectivity index is 1.31. The van der Waals surface area contributed by atoms with E-state index in [2.05, 4.69) is 0 Å². The van der Waals surface area contributed by atoms with E-state index < -0.39 is 48.7 Å². The lowest BCUT2D eigenvalue weighted by Gasteiger charge is -2.36. The molecule has 10 heteroatoms. The molecule has 1 N–H and O–H groups in total. The van der Waals surface area contributed by atoms with Crippen molar-refractivity contribution in [2.45, 2.75) is 90.3 Å². The summed E-state index contributed by atoms with van der Waals surface area (Å²) < 4.78 is 36.1. The number of rotatable bonds is 8. The van der Waals surface area contributed by atoms with Crippen LogP contribution < -0.4 is 15.7 Å². The van der Waals surface area contributed by atoms with Gasteiger partial charge in [0, 0.05) is 6.42 Å². The number of ether oxygens (including phenoxy) is 2. The number of hydrogen-bond donors (Lipinski definition) is 1. The second-order valence-electron chi connectivity index (χ2n) is 11.7. The van der Waals surface area contributed by atoms with Gasteiger partial charge in [-0.25, -0.2) is 4.79 Å². The average molecular weight is 524 g/mol. The van der Waals surface area contributed by atoms with Crippen LogP contribution in [-0.4, -0.2) is 60.4 Å². The first-order valence-corrected chi connectivity index (χ1v) is 13.1. The van der Waals surface area contributed by atoms with E-state index in [9.17, 15) is 9.90 Å². The second-order valence-corrected chi connectivity index (χ2v) is 11.7. The first-order valence-electron chi connectivity index (χ1n) is 13.1. The van der Waals surface area contributed by atoms with Gasteiger partial charge in [0.05, 0.1) is 29.0 Å². The van der Waals surface area contributed by atoms with Gasteiger partial charge in [0.15, 0.2) is 6.10 Å². The molecule has 2 aromatic rings. The summed E-state index contributed by atoms with van der Waals surface area (Å²) >= 11 is 0. The first kappa shape index (κ1) is 28.5. The van der Waals surface area contributed by atoms with Crippen LogP contribution in [0.3, 0.4) is 0 Å². The molecule has 0 bridgehead atoms. The van der Waals surface area contributed by atoms with Gasteiger partial charge in [0.2, 0.25) is 0 Å². The van der Waals surface area contributed by atoms with Crippen LogP contribution >= 0.6 is 0 Å². The van der Waals surface area contributed by atoms with Crippen molar-refractivity contribution in [3.8, 4) is 11.5 Å². The maximum absolute atomic E-state index is 12.7. The Morgan fingerprint density at radius 3 is 2.03 bits per heavy atom. The molecule has 2 atom stereocenters. The summed E-state index contributed by atoms with van der Waals surface area (Å²) in [7, 11) is -1.15. The molecule has 8 nitrogen and oxygen atoms in total. The van der Waals surface area contributed by atoms with Crippen LogP contribution in [0.5, 0.6) is 11.5 Å². The van der Waals surface area contributed by atoms with E-state index >= 15 is 0 Å². The Labute approximate surface area is 226 Å². The van der Waals surface area contributed by atoms with E-state index in [1.54, 1.807) is 31.2 Å². The Kier molecular flexibility index (Phi) is 7.67. The first-order chi connectivity index (χ1) is 17.6. The molecule has 2 unspecified atom stereocenters. The van der Waals surface area contributed by atoms with E-state index in [1.807, 2.05) is 72.7 Å². The smallest absolute Gasteiger partial charge is 0.494 e. The topological polar surface area (TPSA) is 92.7 Å². The van der Waals surface area contributed by atoms with E-state index in [-0.39, 0.29) is 12.4 Å². The number of benzene rings is 2. The lowest BCUT2D eigenvalue weighted by molar-refractivity contribution is -0.153. The molecule has 0 aliphatic carbocycles. The average Bonchev–Trinajstić information content (AvgIpc) is 3.20. The van der Waals surface area contributed by atoms with Crippen molar-refractivity contribution in [2.24, 2.45) is 0 Å². The fraction of sp³-hybridized carbons (Fsp3) is 0.536. The second kappa shape index (κ2) is 10.2. The molecule has 4 rings (SSSR count). The number of carbonyl (C=O) groups is 1. The predicted octanol–water partition coefficient (Wildman–Crippen LogP) is 3.37. The molecular formula is C28H38B2O8. The van der Waals surface area contributed by atoms with Crippen LogP contribution in [0.25, 0.3) is 0 Å². The summed E-state index contributed by atoms with van der Waals surface area (Å²) in [5.41, 5.74) is -0.724. The van der Waals surface area contributed by atoms with Crippen molar-refractivity contribution in [3.05, 3.63) is 48.5 Å². The molecule has 2 aliphatic rings. The van der Waals surface area contributed by atoms with E-state index in [0.29, 0.717) is 12.2 Å². The van der Waals surface area contributed by atoms with Gasteiger partial charge in [0.25, 0.3) is 0 Å². The zero-order valence-electron chi connectivity index (χ0n) is 23.6. The maximum atomic E-state index is 12.7. The molecule has 2 saturated heterocycles. The SMILES string of the molecule is CC(Oc1cccc(B2OC(C)(C)C(C)(C)O2)c1)C(=O)OCCC1(C)OB(c2cccc(O)c2)OC1(C)C. The van der Waals surface area contributed by atoms with Gasteiger partial charge in [-0.2, -0.15) is 0 Å². The number of hydrogen-bond acceptors (Lipinski definition) is 8. The van der Waals surface area contributed by atoms with Crippen LogP contribution in [0, 0.1) is 0 Å². The molecule has 0 aromatic heterocycles. The molecular weight excluding hydrogens is 486 g/mol. The van der Waals surface area contributed by atoms with Gasteiger partial charge < -0.3 is 33.2 Å². The molecule has 2 aromatic carbocycles. The Hall–Kier alpha value is -2.52. The molecule has 2 aliphatic heterocycles. The third kappa shape index (κ3) is 5.73. The van der Waals surface area contributed by atoms with Crippen molar-refractivity contribution in [1.29, 1.82) is 0 Å². The molecule has 0 radical (unpaired) electrons. The zero-order chi connectivity index (χ0) is 27.9. The number of phenolic OH excluding ortho intramolecular Hbond substituents is 1. The fourth-order valence-corrected chi connectivity index (χ4v) is 4.39. The summed E-state index contributed by atoms with van der Waals surface area (Å²) in [4.78, 5) is 12.7. The Morgan fingerprint density at radius 2 is 1.39 bits per heavy atom. The van der Waals surface area contributed by atoms with Crippen molar-refractivity contribution < 1.29 is 38.0 Å². The summed E-state index contributed by atoms with van der Waals surface area (Å²) in [6.45, 7) is 15.6. The van der Waals surface area contributed by atoms with Crippen LogP contribution in [0.1, 0.15) is 61.8 Å². The fourth-order valence-electron chi connectivity index (χ4n) is 4.39. The molecule has 38 heavy (non-hydrogen) atoms. The highest BCUT2D eigenvalue weighted by atomic mass is 16.7. The number of phenols is 1. The Morgan fingerprint density at radius 1 is 0.842 bits per heavy atom. The van der Waals surface area contributed by atoms with Gasteiger partial charge >= 0.3 is 20.2 Å². The van der Waals surface area contributed by atoms with Crippen LogP contribution in [0.2, 0.25) is 0 Å². The van der Waals surface area contributed by atoms with E-state index in [0.717, 1.165) is 10.9 Å². The minimum absolute atomic E-state index is 0.135. The van der Waals surface area contributed by atoms with Crippen molar-refractivity contribution in [1.82, 2.24) is 0 Å². The summed E-state index contributed by atoms with van der Waals surface area (Å²) in [5.74, 6) is 0.192. The molecule has 2 heterocycles. The third-order valence-electron chi connectivity index (χ3n) is 8.04. The Bertz CT molecular complexity index is 1150. The largest absolute Gasteiger partial charge is 0.508 e. The van der Waals surface area contributed by atoms with Gasteiger partial charge in [-0.1, -0.05) is 24.3 Å². The van der Waals surface area contributed by atoms with Gasteiger partial charge in [0.1, 0.15) is 11.5 Å². The van der Waals surface area contributed by atoms with E-state index in [1.165, 1.54) is 0 Å². The molecule has 2 fully saturated rings. The van der Waals surface area contributed by atoms with Crippen molar-refractivity contribution >= 4 is 31.1 Å². The van der Waals surface area contributed by atoms with Gasteiger partial charge in [-0.3, -0.25) is 0 Å². The number of aromatic hydroxyl groups is 1. The molecule has 0 spiro atoms. The standard InChI is InChI=1S/C28H38B2O8/c1-19(34-23-14-10-12-21(18-23)29-35-25(2,3)26(4,5)36-29)24(32)33-16-15-28(8)27(6,7)37-30(38-28)20-11-9-13-22(31)17-20/h9-14,17-19,31H,15-16H2,1-8H3. The maximum Gasteiger partial charge on any atom is 0.494 e. The number of carbonyl (C=O) groups excluding carboxylic acids is 1. The van der Waals surface area contributed by atoms with Crippen LogP contribution in [-0.2, 0) is 28.1 Å². The highest BCUT2D eigenvalue weighted by Crippen LogP contribution is 2.40. The predicted molar refractivity (Wildman–Crippen MR) is 146 cm³/mol. The molecule has 0 saturated carbocycles. The zero-order valence-corrected chi connectivity index (χ0v) is 23.6. The van der Waals surface area contributed by atoms with Crippen LogP contribution in [0.15, 0.2) is 48.5 Å². The van der Waals surface area contributed by atoms with Crippen molar-refractivity contribution in [3.63, 3.8) is 0 Å². The highest BCUT2D eigenvalue weighted by molar-refractivity contribution is 6.62. The summed E-state index contributed by atoms with van der Waals surface area (Å²) in [6, 6.07) is 14.2. The van der Waals surface area contributed by atoms with Crippen LogP contribution in [0.4, 0.5) is 0 Å².